The monoisotopic (exact) mass is 298 g/mol. The van der Waals surface area contributed by atoms with Crippen LogP contribution in [0.25, 0.3) is 0 Å². The average Bonchev–Trinajstić information content (AvgIpc) is 2.48. The molecule has 0 saturated heterocycles. The van der Waals surface area contributed by atoms with Gasteiger partial charge in [-0.25, -0.2) is 0 Å². The topological polar surface area (TPSA) is 64.3 Å². The fourth-order valence-electron chi connectivity index (χ4n) is 2.10. The van der Waals surface area contributed by atoms with Crippen molar-refractivity contribution in [3.8, 4) is 5.75 Å². The third kappa shape index (κ3) is 4.81. The maximum absolute atomic E-state index is 12.0. The number of carbonyl (C=O) groups excluding carboxylic acids is 1. The molecule has 116 valence electrons. The van der Waals surface area contributed by atoms with Gasteiger partial charge in [0, 0.05) is 17.8 Å². The molecule has 0 fully saturated rings. The third-order valence-corrected chi connectivity index (χ3v) is 3.16. The van der Waals surface area contributed by atoms with Crippen LogP contribution in [-0.2, 0) is 17.8 Å². The predicted molar refractivity (Wildman–Crippen MR) is 88.6 cm³/mol. The number of amides is 1. The summed E-state index contributed by atoms with van der Waals surface area (Å²) in [6, 6.07) is 15.1. The summed E-state index contributed by atoms with van der Waals surface area (Å²) in [5, 5.41) is 2.93. The number of rotatable bonds is 6. The van der Waals surface area contributed by atoms with Crippen LogP contribution in [0.2, 0.25) is 0 Å². The van der Waals surface area contributed by atoms with Crippen LogP contribution in [0.15, 0.2) is 48.5 Å². The number of nitrogens with two attached hydrogens (primary N) is 1. The first kappa shape index (κ1) is 15.9. The van der Waals surface area contributed by atoms with Crippen molar-refractivity contribution in [1.29, 1.82) is 0 Å². The largest absolute Gasteiger partial charge is 0.491 e. The number of ether oxygens (including phenoxy) is 1. The maximum atomic E-state index is 12.0. The number of nitrogens with one attached hydrogen (secondary N) is 1. The van der Waals surface area contributed by atoms with Gasteiger partial charge in [0.15, 0.2) is 0 Å². The van der Waals surface area contributed by atoms with Gasteiger partial charge in [0.05, 0.1) is 12.5 Å². The van der Waals surface area contributed by atoms with Crippen molar-refractivity contribution in [3.05, 3.63) is 59.7 Å². The smallest absolute Gasteiger partial charge is 0.224 e. The molecule has 0 heterocycles. The second-order valence-corrected chi connectivity index (χ2v) is 5.47. The molecule has 0 radical (unpaired) electrons. The van der Waals surface area contributed by atoms with Crippen LogP contribution >= 0.6 is 0 Å². The van der Waals surface area contributed by atoms with Crippen molar-refractivity contribution in [2.24, 2.45) is 0 Å². The summed E-state index contributed by atoms with van der Waals surface area (Å²) in [4.78, 5) is 12.0. The molecule has 1 amide bonds. The molecule has 4 nitrogen and oxygen atoms in total. The predicted octanol–water partition coefficient (Wildman–Crippen LogP) is 2.91. The number of hydrogen-bond acceptors (Lipinski definition) is 3. The lowest BCUT2D eigenvalue weighted by molar-refractivity contribution is -0.120. The van der Waals surface area contributed by atoms with Crippen molar-refractivity contribution >= 4 is 11.6 Å². The Balaban J connectivity index is 1.92. The standard InChI is InChI=1S/C18H22N2O2/c1-13(2)22-17-6-4-3-5-15(17)12-20-18(21)11-14-7-9-16(19)10-8-14/h3-10,13H,11-12,19H2,1-2H3,(H,20,21). The van der Waals surface area contributed by atoms with E-state index in [1.54, 1.807) is 12.1 Å². The minimum atomic E-state index is -0.0240. The van der Waals surface area contributed by atoms with E-state index in [0.29, 0.717) is 18.7 Å². The van der Waals surface area contributed by atoms with Crippen LogP contribution in [0.5, 0.6) is 5.75 Å². The number of benzene rings is 2. The Hall–Kier alpha value is -2.49. The first-order valence-electron chi connectivity index (χ1n) is 7.40. The van der Waals surface area contributed by atoms with Crippen molar-refractivity contribution in [3.63, 3.8) is 0 Å². The lowest BCUT2D eigenvalue weighted by atomic mass is 10.1. The molecular formula is C18H22N2O2. The van der Waals surface area contributed by atoms with Gasteiger partial charge in [-0.3, -0.25) is 4.79 Å². The van der Waals surface area contributed by atoms with Gasteiger partial charge in [-0.15, -0.1) is 0 Å². The summed E-state index contributed by atoms with van der Waals surface area (Å²) in [5.41, 5.74) is 8.25. The molecule has 0 aliphatic carbocycles. The first-order chi connectivity index (χ1) is 10.5. The molecule has 0 atom stereocenters. The molecule has 0 aliphatic rings. The van der Waals surface area contributed by atoms with Gasteiger partial charge in [-0.05, 0) is 37.6 Å². The van der Waals surface area contributed by atoms with Crippen molar-refractivity contribution < 1.29 is 9.53 Å². The number of carbonyl (C=O) groups is 1. The van der Waals surface area contributed by atoms with E-state index in [2.05, 4.69) is 5.32 Å². The number of para-hydroxylation sites is 1. The van der Waals surface area contributed by atoms with Gasteiger partial charge >= 0.3 is 0 Å². The second-order valence-electron chi connectivity index (χ2n) is 5.47. The minimum absolute atomic E-state index is 0.0240. The lowest BCUT2D eigenvalue weighted by Gasteiger charge is -2.14. The van der Waals surface area contributed by atoms with Gasteiger partial charge in [-0.1, -0.05) is 30.3 Å². The molecule has 0 unspecified atom stereocenters. The van der Waals surface area contributed by atoms with Gasteiger partial charge < -0.3 is 15.8 Å². The zero-order valence-electron chi connectivity index (χ0n) is 13.0. The Morgan fingerprint density at radius 2 is 1.82 bits per heavy atom. The van der Waals surface area contributed by atoms with Crippen LogP contribution in [-0.4, -0.2) is 12.0 Å². The second kappa shape index (κ2) is 7.50. The summed E-state index contributed by atoms with van der Waals surface area (Å²) in [7, 11) is 0. The molecule has 2 aromatic carbocycles. The molecule has 2 aromatic rings. The van der Waals surface area contributed by atoms with E-state index in [0.717, 1.165) is 16.9 Å². The SMILES string of the molecule is CC(C)Oc1ccccc1CNC(=O)Cc1ccc(N)cc1. The zero-order chi connectivity index (χ0) is 15.9. The Bertz CT molecular complexity index is 621. The Kier molecular flexibility index (Phi) is 5.42. The summed E-state index contributed by atoms with van der Waals surface area (Å²) in [6.07, 6.45) is 0.444. The molecule has 0 aromatic heterocycles. The zero-order valence-corrected chi connectivity index (χ0v) is 13.0. The Labute approximate surface area is 131 Å². The first-order valence-corrected chi connectivity index (χ1v) is 7.40. The maximum Gasteiger partial charge on any atom is 0.224 e. The fraction of sp³-hybridized carbons (Fsp3) is 0.278. The highest BCUT2D eigenvalue weighted by molar-refractivity contribution is 5.78. The molecular weight excluding hydrogens is 276 g/mol. The molecule has 0 saturated carbocycles. The molecule has 2 rings (SSSR count). The van der Waals surface area contributed by atoms with E-state index < -0.39 is 0 Å². The number of hydrogen-bond donors (Lipinski definition) is 2. The van der Waals surface area contributed by atoms with E-state index >= 15 is 0 Å². The summed E-state index contributed by atoms with van der Waals surface area (Å²) in [5.74, 6) is 0.786. The third-order valence-electron chi connectivity index (χ3n) is 3.16. The Morgan fingerprint density at radius 3 is 2.50 bits per heavy atom. The highest BCUT2D eigenvalue weighted by atomic mass is 16.5. The van der Waals surface area contributed by atoms with E-state index in [4.69, 9.17) is 10.5 Å². The van der Waals surface area contributed by atoms with Crippen molar-refractivity contribution in [2.45, 2.75) is 32.9 Å². The van der Waals surface area contributed by atoms with E-state index in [1.165, 1.54) is 0 Å². The quantitative estimate of drug-likeness (QED) is 0.806. The van der Waals surface area contributed by atoms with Gasteiger partial charge in [0.2, 0.25) is 5.91 Å². The molecule has 4 heteroatoms. The average molecular weight is 298 g/mol. The summed E-state index contributed by atoms with van der Waals surface area (Å²) in [6.45, 7) is 4.42. The van der Waals surface area contributed by atoms with Gasteiger partial charge in [0.25, 0.3) is 0 Å². The van der Waals surface area contributed by atoms with Crippen molar-refractivity contribution in [1.82, 2.24) is 5.32 Å². The molecule has 0 spiro atoms. The summed E-state index contributed by atoms with van der Waals surface area (Å²) < 4.78 is 5.74. The number of nitrogen functional groups attached to an aromatic ring is 1. The van der Waals surface area contributed by atoms with E-state index in [-0.39, 0.29) is 12.0 Å². The molecule has 22 heavy (non-hydrogen) atoms. The normalized spacial score (nSPS) is 10.5. The minimum Gasteiger partial charge on any atom is -0.491 e. The molecule has 0 bridgehead atoms. The summed E-state index contributed by atoms with van der Waals surface area (Å²) >= 11 is 0. The van der Waals surface area contributed by atoms with E-state index in [9.17, 15) is 4.79 Å². The lowest BCUT2D eigenvalue weighted by Crippen LogP contribution is -2.25. The van der Waals surface area contributed by atoms with Crippen LogP contribution in [0.3, 0.4) is 0 Å². The fourth-order valence-corrected chi connectivity index (χ4v) is 2.10. The highest BCUT2D eigenvalue weighted by Gasteiger charge is 2.07. The van der Waals surface area contributed by atoms with Crippen LogP contribution in [0.4, 0.5) is 5.69 Å². The van der Waals surface area contributed by atoms with E-state index in [1.807, 2.05) is 50.2 Å². The molecule has 3 N–H and O–H groups in total. The highest BCUT2D eigenvalue weighted by Crippen LogP contribution is 2.19. The van der Waals surface area contributed by atoms with Crippen LogP contribution in [0.1, 0.15) is 25.0 Å². The Morgan fingerprint density at radius 1 is 1.14 bits per heavy atom. The van der Waals surface area contributed by atoms with Gasteiger partial charge in [0.1, 0.15) is 5.75 Å². The molecule has 0 aliphatic heterocycles. The van der Waals surface area contributed by atoms with Crippen LogP contribution < -0.4 is 15.8 Å². The van der Waals surface area contributed by atoms with Crippen molar-refractivity contribution in [2.75, 3.05) is 5.73 Å². The van der Waals surface area contributed by atoms with Crippen LogP contribution in [0, 0.1) is 0 Å². The number of anilines is 1. The van der Waals surface area contributed by atoms with Gasteiger partial charge in [-0.2, -0.15) is 0 Å².